The van der Waals surface area contributed by atoms with Gasteiger partial charge >= 0.3 is 12.1 Å². The van der Waals surface area contributed by atoms with Crippen molar-refractivity contribution in [3.63, 3.8) is 0 Å². The van der Waals surface area contributed by atoms with Crippen LogP contribution in [0.4, 0.5) is 18.2 Å². The maximum atomic E-state index is 12.3. The van der Waals surface area contributed by atoms with E-state index in [0.717, 1.165) is 53.9 Å². The number of hydrogen-bond donors (Lipinski definition) is 1. The van der Waals surface area contributed by atoms with Crippen LogP contribution in [-0.4, -0.2) is 12.1 Å². The fourth-order valence-corrected chi connectivity index (χ4v) is 3.53. The summed E-state index contributed by atoms with van der Waals surface area (Å²) in [5.41, 5.74) is 1.01. The molecule has 0 fully saturated rings. The molecule has 0 aliphatic heterocycles. The molecule has 20 heavy (non-hydrogen) atoms. The normalized spacial score (nSPS) is 15.7. The molecule has 0 aromatic carbocycles. The van der Waals surface area contributed by atoms with Crippen molar-refractivity contribution in [2.24, 2.45) is 0 Å². The predicted octanol–water partition coefficient (Wildman–Crippen LogP) is 3.78. The molecule has 1 amide bonds. The van der Waals surface area contributed by atoms with Crippen LogP contribution in [0.25, 0.3) is 0 Å². The lowest BCUT2D eigenvalue weighted by Crippen LogP contribution is -2.29. The van der Waals surface area contributed by atoms with Gasteiger partial charge in [0.15, 0.2) is 0 Å². The number of nitrogens with one attached hydrogen (secondary N) is 1. The van der Waals surface area contributed by atoms with Gasteiger partial charge in [0.1, 0.15) is 11.1 Å². The zero-order valence-electron chi connectivity index (χ0n) is 10.6. The number of anilines is 1. The highest BCUT2D eigenvalue weighted by Crippen LogP contribution is 2.37. The SMILES string of the molecule is N#Cc1c(NC(=O)C(F)(F)F)sc2c1CCCCCC2. The monoisotopic (exact) mass is 302 g/mol. The summed E-state index contributed by atoms with van der Waals surface area (Å²) in [5, 5.41) is 11.0. The Morgan fingerprint density at radius 1 is 1.20 bits per heavy atom. The predicted molar refractivity (Wildman–Crippen MR) is 69.6 cm³/mol. The number of amides is 1. The van der Waals surface area contributed by atoms with Gasteiger partial charge in [-0.1, -0.05) is 12.8 Å². The number of fused-ring (bicyclic) bond motifs is 1. The molecule has 0 spiro atoms. The average Bonchev–Trinajstić information content (AvgIpc) is 2.64. The van der Waals surface area contributed by atoms with E-state index in [0.29, 0.717) is 6.42 Å². The Morgan fingerprint density at radius 3 is 2.45 bits per heavy atom. The number of carbonyl (C=O) groups excluding carboxylic acids is 1. The molecule has 0 radical (unpaired) electrons. The Balaban J connectivity index is 2.32. The van der Waals surface area contributed by atoms with E-state index in [1.165, 1.54) is 0 Å². The van der Waals surface area contributed by atoms with Crippen LogP contribution in [0.5, 0.6) is 0 Å². The molecule has 1 aliphatic rings. The number of carbonyl (C=O) groups is 1. The largest absolute Gasteiger partial charge is 0.471 e. The Morgan fingerprint density at radius 2 is 1.85 bits per heavy atom. The maximum Gasteiger partial charge on any atom is 0.471 e. The molecule has 0 atom stereocenters. The van der Waals surface area contributed by atoms with E-state index in [1.807, 2.05) is 11.4 Å². The summed E-state index contributed by atoms with van der Waals surface area (Å²) in [7, 11) is 0. The molecule has 1 aromatic rings. The van der Waals surface area contributed by atoms with Crippen molar-refractivity contribution < 1.29 is 18.0 Å². The fraction of sp³-hybridized carbons (Fsp3) is 0.538. The van der Waals surface area contributed by atoms with Gasteiger partial charge in [-0.05, 0) is 31.2 Å². The van der Waals surface area contributed by atoms with E-state index >= 15 is 0 Å². The van der Waals surface area contributed by atoms with Crippen molar-refractivity contribution in [1.82, 2.24) is 0 Å². The van der Waals surface area contributed by atoms with Crippen LogP contribution in [0, 0.1) is 11.3 Å². The van der Waals surface area contributed by atoms with Crippen LogP contribution in [0.3, 0.4) is 0 Å². The lowest BCUT2D eigenvalue weighted by molar-refractivity contribution is -0.167. The van der Waals surface area contributed by atoms with Gasteiger partial charge in [0.25, 0.3) is 0 Å². The molecular formula is C13H13F3N2OS. The highest BCUT2D eigenvalue weighted by Gasteiger charge is 2.39. The first kappa shape index (κ1) is 14.9. The quantitative estimate of drug-likeness (QED) is 0.858. The molecule has 1 aliphatic carbocycles. The standard InChI is InChI=1S/C13H13F3N2OS/c14-13(15,16)12(19)18-11-9(7-17)8-5-3-1-2-4-6-10(8)20-11/h1-6H2,(H,18,19). The van der Waals surface area contributed by atoms with Gasteiger partial charge < -0.3 is 5.32 Å². The van der Waals surface area contributed by atoms with Crippen molar-refractivity contribution in [1.29, 1.82) is 5.26 Å². The van der Waals surface area contributed by atoms with Gasteiger partial charge in [-0.2, -0.15) is 18.4 Å². The van der Waals surface area contributed by atoms with Crippen LogP contribution >= 0.6 is 11.3 Å². The second kappa shape index (κ2) is 5.83. The minimum atomic E-state index is -4.94. The van der Waals surface area contributed by atoms with Crippen LogP contribution < -0.4 is 5.32 Å². The van der Waals surface area contributed by atoms with Gasteiger partial charge in [0, 0.05) is 4.88 Å². The van der Waals surface area contributed by atoms with Gasteiger partial charge in [-0.3, -0.25) is 4.79 Å². The average molecular weight is 302 g/mol. The molecule has 2 rings (SSSR count). The third-order valence-corrected chi connectivity index (χ3v) is 4.47. The zero-order valence-corrected chi connectivity index (χ0v) is 11.5. The van der Waals surface area contributed by atoms with Gasteiger partial charge in [-0.25, -0.2) is 0 Å². The molecule has 1 aromatic heterocycles. The molecular weight excluding hydrogens is 289 g/mol. The summed E-state index contributed by atoms with van der Waals surface area (Å²) in [6.07, 6.45) is 0.544. The Kier molecular flexibility index (Phi) is 4.33. The molecule has 108 valence electrons. The third-order valence-electron chi connectivity index (χ3n) is 3.27. The van der Waals surface area contributed by atoms with Crippen LogP contribution in [-0.2, 0) is 17.6 Å². The van der Waals surface area contributed by atoms with Crippen LogP contribution in [0.1, 0.15) is 41.7 Å². The molecule has 0 saturated heterocycles. The number of aryl methyl sites for hydroxylation is 1. The van der Waals surface area contributed by atoms with Crippen molar-refractivity contribution in [2.75, 3.05) is 5.32 Å². The summed E-state index contributed by atoms with van der Waals surface area (Å²) in [6.45, 7) is 0. The lowest BCUT2D eigenvalue weighted by atomic mass is 9.97. The van der Waals surface area contributed by atoms with Crippen LogP contribution in [0.15, 0.2) is 0 Å². The first-order chi connectivity index (χ1) is 9.43. The Labute approximate surface area is 118 Å². The topological polar surface area (TPSA) is 52.9 Å². The van der Waals surface area contributed by atoms with E-state index in [1.54, 1.807) is 0 Å². The van der Waals surface area contributed by atoms with Gasteiger partial charge in [0.2, 0.25) is 0 Å². The number of halogens is 3. The van der Waals surface area contributed by atoms with Crippen molar-refractivity contribution in [3.8, 4) is 6.07 Å². The minimum Gasteiger partial charge on any atom is -0.309 e. The maximum absolute atomic E-state index is 12.3. The molecule has 1 heterocycles. The van der Waals surface area contributed by atoms with E-state index in [4.69, 9.17) is 5.26 Å². The number of thiophene rings is 1. The van der Waals surface area contributed by atoms with E-state index in [-0.39, 0.29) is 10.6 Å². The minimum absolute atomic E-state index is 0.0294. The van der Waals surface area contributed by atoms with E-state index in [9.17, 15) is 18.0 Å². The van der Waals surface area contributed by atoms with Crippen molar-refractivity contribution in [2.45, 2.75) is 44.7 Å². The van der Waals surface area contributed by atoms with Gasteiger partial charge in [-0.15, -0.1) is 11.3 Å². The molecule has 0 saturated carbocycles. The number of nitriles is 1. The Bertz CT molecular complexity index is 557. The highest BCUT2D eigenvalue weighted by atomic mass is 32.1. The second-order valence-electron chi connectivity index (χ2n) is 4.69. The molecule has 7 heteroatoms. The summed E-state index contributed by atoms with van der Waals surface area (Å²) >= 11 is 1.10. The summed E-state index contributed by atoms with van der Waals surface area (Å²) in [4.78, 5) is 11.9. The van der Waals surface area contributed by atoms with Crippen molar-refractivity contribution in [3.05, 3.63) is 16.0 Å². The third kappa shape index (κ3) is 3.12. The molecule has 3 nitrogen and oxygen atoms in total. The number of nitrogens with zero attached hydrogens (tertiary/aromatic N) is 1. The first-order valence-electron chi connectivity index (χ1n) is 6.36. The smallest absolute Gasteiger partial charge is 0.309 e. The number of rotatable bonds is 1. The molecule has 0 bridgehead atoms. The summed E-state index contributed by atoms with van der Waals surface area (Å²) in [6, 6.07) is 1.94. The second-order valence-corrected chi connectivity index (χ2v) is 5.79. The first-order valence-corrected chi connectivity index (χ1v) is 7.18. The lowest BCUT2D eigenvalue weighted by Gasteiger charge is -2.08. The van der Waals surface area contributed by atoms with E-state index in [2.05, 4.69) is 0 Å². The number of alkyl halides is 3. The summed E-state index contributed by atoms with van der Waals surface area (Å²) in [5.74, 6) is -2.02. The zero-order chi connectivity index (χ0) is 14.8. The Hall–Kier alpha value is -1.55. The summed E-state index contributed by atoms with van der Waals surface area (Å²) < 4.78 is 36.9. The van der Waals surface area contributed by atoms with Gasteiger partial charge in [0.05, 0.1) is 5.56 Å². The number of hydrogen-bond acceptors (Lipinski definition) is 3. The fourth-order valence-electron chi connectivity index (χ4n) is 2.30. The highest BCUT2D eigenvalue weighted by molar-refractivity contribution is 7.16. The molecule has 0 unspecified atom stereocenters. The van der Waals surface area contributed by atoms with Crippen LogP contribution in [0.2, 0.25) is 0 Å². The van der Waals surface area contributed by atoms with E-state index < -0.39 is 12.1 Å². The van der Waals surface area contributed by atoms with Crippen molar-refractivity contribution >= 4 is 22.2 Å². The molecule has 1 N–H and O–H groups in total.